The summed E-state index contributed by atoms with van der Waals surface area (Å²) < 4.78 is 19.3. The summed E-state index contributed by atoms with van der Waals surface area (Å²) in [5, 5.41) is 8.50. The van der Waals surface area contributed by atoms with E-state index in [2.05, 4.69) is 15.2 Å². The summed E-state index contributed by atoms with van der Waals surface area (Å²) in [6.45, 7) is 4.33. The SMILES string of the molecule is C[C@H]1COCCCOCc2nc(cn2C)-c2n[nH]c3ccc(cc23)O1. The Morgan fingerprint density at radius 2 is 2.12 bits per heavy atom. The van der Waals surface area contributed by atoms with E-state index < -0.39 is 0 Å². The summed E-state index contributed by atoms with van der Waals surface area (Å²) in [6, 6.07) is 5.92. The first-order valence-electron chi connectivity index (χ1n) is 8.53. The smallest absolute Gasteiger partial charge is 0.135 e. The minimum Gasteiger partial charge on any atom is -0.488 e. The number of hydrogen-bond donors (Lipinski definition) is 1. The van der Waals surface area contributed by atoms with Crippen molar-refractivity contribution >= 4 is 10.9 Å². The van der Waals surface area contributed by atoms with Gasteiger partial charge in [0.15, 0.2) is 0 Å². The Balaban J connectivity index is 1.74. The van der Waals surface area contributed by atoms with Crippen molar-refractivity contribution < 1.29 is 14.2 Å². The highest BCUT2D eigenvalue weighted by Crippen LogP contribution is 2.29. The molecule has 25 heavy (non-hydrogen) atoms. The predicted molar refractivity (Wildman–Crippen MR) is 93.5 cm³/mol. The average molecular weight is 342 g/mol. The third-order valence-corrected chi connectivity index (χ3v) is 4.25. The van der Waals surface area contributed by atoms with E-state index in [1.807, 2.05) is 42.9 Å². The lowest BCUT2D eigenvalue weighted by molar-refractivity contribution is 0.0378. The maximum Gasteiger partial charge on any atom is 0.135 e. The summed E-state index contributed by atoms with van der Waals surface area (Å²) in [5.41, 5.74) is 2.60. The van der Waals surface area contributed by atoms with Crippen molar-refractivity contribution in [1.82, 2.24) is 19.7 Å². The van der Waals surface area contributed by atoms with E-state index in [1.165, 1.54) is 0 Å². The van der Waals surface area contributed by atoms with Gasteiger partial charge in [-0.2, -0.15) is 5.10 Å². The predicted octanol–water partition coefficient (Wildman–Crippen LogP) is 2.67. The summed E-state index contributed by atoms with van der Waals surface area (Å²) in [5.74, 6) is 1.68. The number of aromatic nitrogens is 4. The van der Waals surface area contributed by atoms with E-state index in [-0.39, 0.29) is 6.10 Å². The number of H-pyrrole nitrogens is 1. The first-order chi connectivity index (χ1) is 12.2. The van der Waals surface area contributed by atoms with E-state index in [4.69, 9.17) is 14.2 Å². The van der Waals surface area contributed by atoms with Crippen molar-refractivity contribution in [2.75, 3.05) is 19.8 Å². The van der Waals surface area contributed by atoms with Gasteiger partial charge in [0.1, 0.15) is 35.7 Å². The van der Waals surface area contributed by atoms with E-state index in [1.54, 1.807) is 0 Å². The van der Waals surface area contributed by atoms with Crippen LogP contribution in [-0.2, 0) is 23.1 Å². The number of nitrogens with zero attached hydrogens (tertiary/aromatic N) is 3. The van der Waals surface area contributed by atoms with Crippen LogP contribution in [0.25, 0.3) is 22.3 Å². The second kappa shape index (κ2) is 6.85. The number of rotatable bonds is 0. The van der Waals surface area contributed by atoms with Gasteiger partial charge in [-0.25, -0.2) is 4.98 Å². The molecule has 1 atom stereocenters. The summed E-state index contributed by atoms with van der Waals surface area (Å²) >= 11 is 0. The molecule has 7 heteroatoms. The Labute approximate surface area is 145 Å². The van der Waals surface area contributed by atoms with Gasteiger partial charge < -0.3 is 18.8 Å². The second-order valence-electron chi connectivity index (χ2n) is 6.34. The Kier molecular flexibility index (Phi) is 4.42. The van der Waals surface area contributed by atoms with Crippen molar-refractivity contribution in [3.05, 3.63) is 30.2 Å². The van der Waals surface area contributed by atoms with Crippen LogP contribution in [0.4, 0.5) is 0 Å². The molecule has 132 valence electrons. The van der Waals surface area contributed by atoms with Crippen molar-refractivity contribution in [1.29, 1.82) is 0 Å². The molecule has 0 saturated heterocycles. The largest absolute Gasteiger partial charge is 0.488 e. The molecule has 4 bridgehead atoms. The Morgan fingerprint density at radius 3 is 3.04 bits per heavy atom. The van der Waals surface area contributed by atoms with E-state index in [9.17, 15) is 0 Å². The molecule has 1 aliphatic rings. The minimum absolute atomic E-state index is 0.0249. The fourth-order valence-electron chi connectivity index (χ4n) is 2.96. The topological polar surface area (TPSA) is 74.2 Å². The number of benzene rings is 1. The Bertz CT molecular complexity index is 870. The Morgan fingerprint density at radius 1 is 1.24 bits per heavy atom. The van der Waals surface area contributed by atoms with Crippen LogP contribution < -0.4 is 4.74 Å². The van der Waals surface area contributed by atoms with Crippen LogP contribution >= 0.6 is 0 Å². The van der Waals surface area contributed by atoms with Crippen LogP contribution in [0.15, 0.2) is 24.4 Å². The van der Waals surface area contributed by atoms with Gasteiger partial charge in [-0.1, -0.05) is 0 Å². The maximum absolute atomic E-state index is 5.98. The molecule has 3 aromatic rings. The Hall–Kier alpha value is -2.38. The van der Waals surface area contributed by atoms with Crippen LogP contribution in [0.5, 0.6) is 5.75 Å². The van der Waals surface area contributed by atoms with Crippen LogP contribution in [-0.4, -0.2) is 45.7 Å². The highest BCUT2D eigenvalue weighted by molar-refractivity contribution is 5.92. The zero-order valence-electron chi connectivity index (χ0n) is 14.5. The van der Waals surface area contributed by atoms with Gasteiger partial charge in [-0.3, -0.25) is 5.10 Å². The van der Waals surface area contributed by atoms with E-state index >= 15 is 0 Å². The lowest BCUT2D eigenvalue weighted by atomic mass is 10.1. The standard InChI is InChI=1S/C18H22N4O3/c1-12-10-23-6-3-7-24-11-17-19-16(9-22(17)2)18-14-8-13(25-12)4-5-15(14)20-21-18/h4-5,8-9,12H,3,6-7,10-11H2,1-2H3,(H,20,21)/t12-/m0/s1. The van der Waals surface area contributed by atoms with Gasteiger partial charge >= 0.3 is 0 Å². The molecule has 2 aromatic heterocycles. The average Bonchev–Trinajstić information content (AvgIpc) is 3.16. The highest BCUT2D eigenvalue weighted by atomic mass is 16.5. The number of nitrogens with one attached hydrogen (secondary N) is 1. The molecule has 3 heterocycles. The molecule has 0 unspecified atom stereocenters. The van der Waals surface area contributed by atoms with Gasteiger partial charge in [-0.15, -0.1) is 0 Å². The van der Waals surface area contributed by atoms with Gasteiger partial charge in [0.25, 0.3) is 0 Å². The molecule has 0 spiro atoms. The maximum atomic E-state index is 5.98. The molecule has 0 saturated carbocycles. The molecular formula is C18H22N4O3. The van der Waals surface area contributed by atoms with Gasteiger partial charge in [0.2, 0.25) is 0 Å². The molecule has 1 aromatic carbocycles. The first-order valence-corrected chi connectivity index (χ1v) is 8.53. The van der Waals surface area contributed by atoms with Crippen LogP contribution in [0.1, 0.15) is 19.2 Å². The zero-order chi connectivity index (χ0) is 17.2. The number of aromatic amines is 1. The molecule has 1 aliphatic heterocycles. The summed E-state index contributed by atoms with van der Waals surface area (Å²) in [6.07, 6.45) is 2.80. The zero-order valence-corrected chi connectivity index (χ0v) is 14.5. The van der Waals surface area contributed by atoms with Gasteiger partial charge in [0, 0.05) is 31.8 Å². The minimum atomic E-state index is -0.0249. The fraction of sp³-hybridized carbons (Fsp3) is 0.444. The van der Waals surface area contributed by atoms with Crippen molar-refractivity contribution in [2.45, 2.75) is 26.1 Å². The number of fused-ring (bicyclic) bond motifs is 4. The summed E-state index contributed by atoms with van der Waals surface area (Å²) in [4.78, 5) is 4.69. The van der Waals surface area contributed by atoms with E-state index in [0.717, 1.165) is 40.3 Å². The highest BCUT2D eigenvalue weighted by Gasteiger charge is 2.15. The first kappa shape index (κ1) is 16.1. The van der Waals surface area contributed by atoms with Crippen LogP contribution in [0.3, 0.4) is 0 Å². The monoisotopic (exact) mass is 342 g/mol. The van der Waals surface area contributed by atoms with Crippen molar-refractivity contribution in [3.63, 3.8) is 0 Å². The summed E-state index contributed by atoms with van der Waals surface area (Å²) in [7, 11) is 1.97. The third kappa shape index (κ3) is 3.38. The third-order valence-electron chi connectivity index (χ3n) is 4.25. The van der Waals surface area contributed by atoms with Crippen molar-refractivity contribution in [2.24, 2.45) is 7.05 Å². The molecule has 7 nitrogen and oxygen atoms in total. The number of aryl methyl sites for hydroxylation is 1. The molecule has 0 amide bonds. The molecule has 4 rings (SSSR count). The molecule has 0 aliphatic carbocycles. The van der Waals surface area contributed by atoms with Crippen LogP contribution in [0, 0.1) is 0 Å². The number of imidazole rings is 1. The molecular weight excluding hydrogens is 320 g/mol. The van der Waals surface area contributed by atoms with Crippen molar-refractivity contribution in [3.8, 4) is 17.1 Å². The number of ether oxygens (including phenoxy) is 3. The number of hydrogen-bond acceptors (Lipinski definition) is 5. The van der Waals surface area contributed by atoms with E-state index in [0.29, 0.717) is 26.4 Å². The normalized spacial score (nSPS) is 19.2. The van der Waals surface area contributed by atoms with Crippen LogP contribution in [0.2, 0.25) is 0 Å². The fourth-order valence-corrected chi connectivity index (χ4v) is 2.96. The molecule has 0 fully saturated rings. The quantitative estimate of drug-likeness (QED) is 0.680. The second-order valence-corrected chi connectivity index (χ2v) is 6.34. The van der Waals surface area contributed by atoms with Gasteiger partial charge in [-0.05, 0) is 31.5 Å². The lowest BCUT2D eigenvalue weighted by Crippen LogP contribution is -2.19. The molecule has 0 radical (unpaired) electrons. The molecule has 1 N–H and O–H groups in total. The lowest BCUT2D eigenvalue weighted by Gasteiger charge is -2.15. The van der Waals surface area contributed by atoms with Gasteiger partial charge in [0.05, 0.1) is 12.1 Å².